The second-order valence-corrected chi connectivity index (χ2v) is 10.6. The predicted octanol–water partition coefficient (Wildman–Crippen LogP) is 1.51. The zero-order valence-electron chi connectivity index (χ0n) is 17.8. The van der Waals surface area contributed by atoms with Gasteiger partial charge in [0.2, 0.25) is 11.8 Å². The van der Waals surface area contributed by atoms with E-state index in [1.165, 1.54) is 4.90 Å². The Morgan fingerprint density at radius 3 is 2.21 bits per heavy atom. The Morgan fingerprint density at radius 2 is 1.66 bits per heavy atom. The number of amides is 2. The Kier molecular flexibility index (Phi) is 6.67. The monoisotopic (exact) mass is 427 g/mol. The number of imide groups is 1. The summed E-state index contributed by atoms with van der Waals surface area (Å²) in [6.07, 6.45) is 4.59. The molecule has 4 unspecified atom stereocenters. The number of hydrogen-bond donors (Lipinski definition) is 1. The minimum Gasteiger partial charge on any atom is -0.396 e. The summed E-state index contributed by atoms with van der Waals surface area (Å²) in [6.45, 7) is 9.22. The summed E-state index contributed by atoms with van der Waals surface area (Å²) < 4.78 is 23.7. The van der Waals surface area contributed by atoms with E-state index >= 15 is 0 Å². The van der Waals surface area contributed by atoms with Crippen LogP contribution in [-0.2, 0) is 27.6 Å². The van der Waals surface area contributed by atoms with Gasteiger partial charge in [-0.2, -0.15) is 0 Å². The molecule has 2 bridgehead atoms. The predicted molar refractivity (Wildman–Crippen MR) is 107 cm³/mol. The topological polar surface area (TPSA) is 94.5 Å². The van der Waals surface area contributed by atoms with Crippen molar-refractivity contribution in [3.63, 3.8) is 0 Å². The molecule has 3 aliphatic rings. The van der Waals surface area contributed by atoms with Gasteiger partial charge in [-0.1, -0.05) is 12.2 Å². The molecule has 3 rings (SSSR count). The highest BCUT2D eigenvalue weighted by atomic mass is 28.4. The zero-order valence-corrected chi connectivity index (χ0v) is 18.8. The quantitative estimate of drug-likeness (QED) is 0.287. The van der Waals surface area contributed by atoms with Crippen LogP contribution in [0.1, 0.15) is 40.5 Å². The van der Waals surface area contributed by atoms with Gasteiger partial charge in [0.25, 0.3) is 0 Å². The number of ether oxygens (including phenoxy) is 1. The van der Waals surface area contributed by atoms with Gasteiger partial charge in [0, 0.05) is 45.4 Å². The Bertz CT molecular complexity index is 654. The molecule has 164 valence electrons. The molecule has 29 heavy (non-hydrogen) atoms. The molecule has 3 aliphatic heterocycles. The fourth-order valence-electron chi connectivity index (χ4n) is 5.05. The van der Waals surface area contributed by atoms with E-state index in [9.17, 15) is 14.7 Å². The van der Waals surface area contributed by atoms with E-state index < -0.39 is 31.8 Å². The fourth-order valence-corrected chi connectivity index (χ4v) is 7.65. The van der Waals surface area contributed by atoms with Gasteiger partial charge in [0.15, 0.2) is 0 Å². The van der Waals surface area contributed by atoms with Crippen molar-refractivity contribution in [1.29, 1.82) is 0 Å². The van der Waals surface area contributed by atoms with E-state index in [0.717, 1.165) is 0 Å². The fraction of sp³-hybridized carbons (Fsp3) is 0.800. The third kappa shape index (κ3) is 3.73. The first-order valence-electron chi connectivity index (χ1n) is 10.6. The zero-order chi connectivity index (χ0) is 21.3. The van der Waals surface area contributed by atoms with Crippen molar-refractivity contribution in [3.05, 3.63) is 12.2 Å². The maximum atomic E-state index is 13.2. The summed E-state index contributed by atoms with van der Waals surface area (Å²) in [4.78, 5) is 27.6. The maximum absolute atomic E-state index is 13.2. The highest BCUT2D eigenvalue weighted by molar-refractivity contribution is 6.60. The van der Waals surface area contributed by atoms with E-state index in [1.807, 2.05) is 39.8 Å². The van der Waals surface area contributed by atoms with Crippen molar-refractivity contribution in [2.75, 3.05) is 33.0 Å². The summed E-state index contributed by atoms with van der Waals surface area (Å²) in [5.41, 5.74) is -1.67. The molecule has 4 atom stereocenters. The smallest absolute Gasteiger partial charge is 0.396 e. The molecule has 0 radical (unpaired) electrons. The molecule has 8 nitrogen and oxygen atoms in total. The second kappa shape index (κ2) is 8.56. The third-order valence-electron chi connectivity index (χ3n) is 6.11. The van der Waals surface area contributed by atoms with Gasteiger partial charge >= 0.3 is 8.80 Å². The molecule has 3 heterocycles. The number of carbonyl (C=O) groups excluding carboxylic acids is 2. The van der Waals surface area contributed by atoms with Crippen molar-refractivity contribution >= 4 is 20.6 Å². The van der Waals surface area contributed by atoms with Gasteiger partial charge in [-0.15, -0.1) is 0 Å². The molecule has 0 saturated carbocycles. The molecule has 0 aromatic heterocycles. The average Bonchev–Trinajstić information content (AvgIpc) is 3.23. The van der Waals surface area contributed by atoms with Crippen molar-refractivity contribution in [2.24, 2.45) is 11.8 Å². The van der Waals surface area contributed by atoms with Crippen LogP contribution in [-0.4, -0.2) is 74.8 Å². The van der Waals surface area contributed by atoms with Crippen LogP contribution in [0.5, 0.6) is 0 Å². The lowest BCUT2D eigenvalue weighted by Crippen LogP contribution is -2.47. The van der Waals surface area contributed by atoms with Gasteiger partial charge in [-0.3, -0.25) is 14.5 Å². The largest absolute Gasteiger partial charge is 0.500 e. The number of likely N-dealkylation sites (tertiary alicyclic amines) is 1. The summed E-state index contributed by atoms with van der Waals surface area (Å²) in [5.74, 6) is -1.50. The number of hydrogen-bond acceptors (Lipinski definition) is 7. The minimum atomic E-state index is -2.82. The van der Waals surface area contributed by atoms with Crippen LogP contribution >= 0.6 is 0 Å². The van der Waals surface area contributed by atoms with E-state index in [0.29, 0.717) is 45.3 Å². The molecular weight excluding hydrogens is 394 g/mol. The second-order valence-electron chi connectivity index (χ2n) is 7.92. The van der Waals surface area contributed by atoms with Gasteiger partial charge in [-0.05, 0) is 34.1 Å². The van der Waals surface area contributed by atoms with Crippen molar-refractivity contribution in [2.45, 2.75) is 57.8 Å². The molecule has 1 N–H and O–H groups in total. The van der Waals surface area contributed by atoms with Gasteiger partial charge in [-0.25, -0.2) is 0 Å². The van der Waals surface area contributed by atoms with Gasteiger partial charge in [0.1, 0.15) is 5.60 Å². The molecule has 2 amide bonds. The lowest BCUT2D eigenvalue weighted by Gasteiger charge is -2.30. The number of aliphatic hydroxyl groups excluding tert-OH is 1. The summed E-state index contributed by atoms with van der Waals surface area (Å²) in [7, 11) is -2.82. The molecule has 2 fully saturated rings. The Hall–Kier alpha value is -1.10. The molecule has 0 aromatic rings. The lowest BCUT2D eigenvalue weighted by atomic mass is 9.71. The number of fused-ring (bicyclic) bond motifs is 5. The SMILES string of the molecule is CCO[Si](CCCN1C(=O)C2C(C1=O)C1(CCO)C=CC2(C)O1)(OCC)OCC. The number of carbonyl (C=O) groups is 2. The Morgan fingerprint density at radius 1 is 1.07 bits per heavy atom. The van der Waals surface area contributed by atoms with Crippen LogP contribution in [0.2, 0.25) is 6.04 Å². The minimum absolute atomic E-state index is 0.101. The van der Waals surface area contributed by atoms with Crippen molar-refractivity contribution in [3.8, 4) is 0 Å². The van der Waals surface area contributed by atoms with Crippen LogP contribution < -0.4 is 0 Å². The van der Waals surface area contributed by atoms with Crippen LogP contribution in [0.3, 0.4) is 0 Å². The van der Waals surface area contributed by atoms with E-state index in [-0.39, 0.29) is 18.4 Å². The molecule has 0 aromatic carbocycles. The Balaban J connectivity index is 1.70. The van der Waals surface area contributed by atoms with E-state index in [2.05, 4.69) is 0 Å². The molecule has 2 saturated heterocycles. The highest BCUT2D eigenvalue weighted by Crippen LogP contribution is 2.58. The molecule has 0 spiro atoms. The summed E-state index contributed by atoms with van der Waals surface area (Å²) in [5, 5.41) is 9.49. The van der Waals surface area contributed by atoms with E-state index in [1.54, 1.807) is 0 Å². The normalized spacial score (nSPS) is 33.2. The first-order chi connectivity index (χ1) is 13.8. The standard InChI is InChI=1S/C20H33NO7Si/c1-5-25-29(26-6-2,27-7-3)14-8-12-21-17(23)15-16(18(21)24)20(11-13-22)10-9-19(15,4)28-20/h9-10,15-16,22H,5-8,11-14H2,1-4H3. The maximum Gasteiger partial charge on any atom is 0.500 e. The van der Waals surface area contributed by atoms with Crippen LogP contribution in [0, 0.1) is 11.8 Å². The molecule has 0 aliphatic carbocycles. The van der Waals surface area contributed by atoms with Crippen molar-refractivity contribution in [1.82, 2.24) is 4.90 Å². The number of aliphatic hydroxyl groups is 1. The van der Waals surface area contributed by atoms with Crippen molar-refractivity contribution < 1.29 is 32.7 Å². The van der Waals surface area contributed by atoms with Gasteiger partial charge < -0.3 is 23.1 Å². The first-order valence-corrected chi connectivity index (χ1v) is 12.5. The summed E-state index contributed by atoms with van der Waals surface area (Å²) >= 11 is 0. The highest BCUT2D eigenvalue weighted by Gasteiger charge is 2.71. The number of rotatable bonds is 12. The van der Waals surface area contributed by atoms with Crippen LogP contribution in [0.15, 0.2) is 12.2 Å². The molecular formula is C20H33NO7Si. The average molecular weight is 428 g/mol. The van der Waals surface area contributed by atoms with Gasteiger partial charge in [0.05, 0.1) is 17.4 Å². The first kappa shape index (κ1) is 22.6. The Labute approximate surface area is 173 Å². The van der Waals surface area contributed by atoms with E-state index in [4.69, 9.17) is 18.0 Å². The molecule has 9 heteroatoms. The summed E-state index contributed by atoms with van der Waals surface area (Å²) in [6, 6.07) is 0.544. The lowest BCUT2D eigenvalue weighted by molar-refractivity contribution is -0.147. The third-order valence-corrected chi connectivity index (χ3v) is 9.26. The number of nitrogens with zero attached hydrogens (tertiary/aromatic N) is 1. The van der Waals surface area contributed by atoms with Crippen LogP contribution in [0.4, 0.5) is 0 Å². The van der Waals surface area contributed by atoms with Crippen LogP contribution in [0.25, 0.3) is 0 Å².